The minimum Gasteiger partial charge on any atom is -0.491 e. The summed E-state index contributed by atoms with van der Waals surface area (Å²) in [6, 6.07) is 9.58. The van der Waals surface area contributed by atoms with Crippen LogP contribution in [0.25, 0.3) is 11.1 Å². The van der Waals surface area contributed by atoms with Crippen LogP contribution in [0.4, 0.5) is 17.6 Å². The van der Waals surface area contributed by atoms with E-state index in [-0.39, 0.29) is 47.8 Å². The molecule has 0 saturated carbocycles. The van der Waals surface area contributed by atoms with E-state index in [0.717, 1.165) is 10.7 Å². The van der Waals surface area contributed by atoms with Gasteiger partial charge in [-0.25, -0.2) is 9.18 Å². The van der Waals surface area contributed by atoms with Crippen LogP contribution in [0.5, 0.6) is 5.75 Å². The third kappa shape index (κ3) is 4.33. The Kier molecular flexibility index (Phi) is 5.92. The topological polar surface area (TPSA) is 70.4 Å². The Balaban J connectivity index is 1.59. The number of hydrogen-bond acceptors (Lipinski definition) is 5. The minimum absolute atomic E-state index is 0.0142. The minimum atomic E-state index is -4.69. The zero-order chi connectivity index (χ0) is 23.8. The molecule has 1 aliphatic rings. The predicted octanol–water partition coefficient (Wildman–Crippen LogP) is 4.78. The Hall–Kier alpha value is -3.69. The number of para-hydroxylation sites is 1. The summed E-state index contributed by atoms with van der Waals surface area (Å²) in [4.78, 5) is 25.1. The molecule has 4 rings (SSSR count). The fourth-order valence-electron chi connectivity index (χ4n) is 3.57. The Labute approximate surface area is 185 Å². The summed E-state index contributed by atoms with van der Waals surface area (Å²) in [6.45, 7) is 1.31. The molecule has 10 heteroatoms. The van der Waals surface area contributed by atoms with E-state index >= 15 is 0 Å². The lowest BCUT2D eigenvalue weighted by Gasteiger charge is -2.25. The molecule has 0 fully saturated rings. The highest BCUT2D eigenvalue weighted by atomic mass is 19.4. The quantitative estimate of drug-likeness (QED) is 0.403. The van der Waals surface area contributed by atoms with E-state index in [4.69, 9.17) is 9.47 Å². The third-order valence-electron chi connectivity index (χ3n) is 5.23. The Bertz CT molecular complexity index is 1220. The molecule has 1 unspecified atom stereocenters. The Morgan fingerprint density at radius 3 is 2.58 bits per heavy atom. The van der Waals surface area contributed by atoms with E-state index in [0.29, 0.717) is 0 Å². The molecule has 2 heterocycles. The fourth-order valence-corrected chi connectivity index (χ4v) is 3.57. The second kappa shape index (κ2) is 8.68. The Morgan fingerprint density at radius 1 is 1.15 bits per heavy atom. The van der Waals surface area contributed by atoms with Crippen LogP contribution >= 0.6 is 0 Å². The van der Waals surface area contributed by atoms with Gasteiger partial charge in [0.05, 0.1) is 17.0 Å². The smallest absolute Gasteiger partial charge is 0.435 e. The zero-order valence-electron chi connectivity index (χ0n) is 17.4. The lowest BCUT2D eigenvalue weighted by molar-refractivity contribution is -0.141. The van der Waals surface area contributed by atoms with Gasteiger partial charge in [-0.2, -0.15) is 18.3 Å². The van der Waals surface area contributed by atoms with Gasteiger partial charge in [0.1, 0.15) is 24.8 Å². The summed E-state index contributed by atoms with van der Waals surface area (Å²) in [6.07, 6.45) is -3.44. The monoisotopic (exact) mass is 462 g/mol. The van der Waals surface area contributed by atoms with Crippen LogP contribution in [0.3, 0.4) is 0 Å². The van der Waals surface area contributed by atoms with E-state index in [1.807, 2.05) is 0 Å². The predicted molar refractivity (Wildman–Crippen MR) is 108 cm³/mol. The number of aromatic nitrogens is 2. The molecule has 0 radical (unpaired) electrons. The first kappa shape index (κ1) is 22.5. The number of aryl methyl sites for hydroxylation is 1. The van der Waals surface area contributed by atoms with Crippen LogP contribution in [-0.4, -0.2) is 34.7 Å². The lowest BCUT2D eigenvalue weighted by Crippen LogP contribution is -2.32. The van der Waals surface area contributed by atoms with E-state index in [1.54, 1.807) is 6.92 Å². The summed E-state index contributed by atoms with van der Waals surface area (Å²) in [7, 11) is 0. The van der Waals surface area contributed by atoms with E-state index in [9.17, 15) is 27.2 Å². The number of carbonyl (C=O) groups excluding carboxylic acids is 2. The zero-order valence-corrected chi connectivity index (χ0v) is 17.4. The van der Waals surface area contributed by atoms with Crippen molar-refractivity contribution in [2.45, 2.75) is 19.6 Å². The van der Waals surface area contributed by atoms with Crippen LogP contribution in [0, 0.1) is 11.7 Å². The van der Waals surface area contributed by atoms with Crippen molar-refractivity contribution in [2.24, 2.45) is 5.92 Å². The number of fused-ring (bicyclic) bond motifs is 1. The molecular formula is C23H18F4N2O4. The van der Waals surface area contributed by atoms with Gasteiger partial charge in [0, 0.05) is 23.9 Å². The van der Waals surface area contributed by atoms with Crippen molar-refractivity contribution in [2.75, 3.05) is 13.2 Å². The molecule has 1 aliphatic heterocycles. The molecule has 3 aromatic rings. The van der Waals surface area contributed by atoms with E-state index in [2.05, 4.69) is 5.10 Å². The van der Waals surface area contributed by atoms with Crippen LogP contribution in [0.15, 0.2) is 48.7 Å². The number of ketones is 1. The summed E-state index contributed by atoms with van der Waals surface area (Å²) >= 11 is 0. The summed E-state index contributed by atoms with van der Waals surface area (Å²) in [5.74, 6) is -3.00. The van der Waals surface area contributed by atoms with Gasteiger partial charge in [0.2, 0.25) is 0 Å². The molecule has 0 amide bonds. The number of rotatable bonds is 5. The van der Waals surface area contributed by atoms with Gasteiger partial charge < -0.3 is 9.47 Å². The fraction of sp³-hybridized carbons (Fsp3) is 0.261. The van der Waals surface area contributed by atoms with Gasteiger partial charge in [0.25, 0.3) is 0 Å². The molecule has 0 saturated heterocycles. The van der Waals surface area contributed by atoms with Crippen molar-refractivity contribution in [3.05, 3.63) is 71.3 Å². The molecular weight excluding hydrogens is 444 g/mol. The van der Waals surface area contributed by atoms with Gasteiger partial charge in [-0.05, 0) is 25.1 Å². The van der Waals surface area contributed by atoms with E-state index in [1.165, 1.54) is 42.6 Å². The first-order valence-electron chi connectivity index (χ1n) is 10.1. The average Bonchev–Trinajstić information content (AvgIpc) is 3.23. The van der Waals surface area contributed by atoms with Crippen molar-refractivity contribution in [3.63, 3.8) is 0 Å². The highest BCUT2D eigenvalue weighted by molar-refractivity contribution is 6.03. The standard InChI is InChI=1S/C23H18F4N2O4/c1-2-29-10-17(21(28-29)23(25,26)27)14-7-5-8-16-19(30)13(11-32-20(14)16)12-33-22(31)15-6-3-4-9-18(15)24/h3-10,13H,2,11-12H2,1H3. The highest BCUT2D eigenvalue weighted by Crippen LogP contribution is 2.42. The van der Waals surface area contributed by atoms with Crippen molar-refractivity contribution < 1.29 is 36.6 Å². The van der Waals surface area contributed by atoms with Crippen LogP contribution in [-0.2, 0) is 17.5 Å². The maximum absolute atomic E-state index is 13.7. The van der Waals surface area contributed by atoms with Crippen LogP contribution < -0.4 is 4.74 Å². The molecule has 172 valence electrons. The molecule has 1 aromatic heterocycles. The van der Waals surface area contributed by atoms with Crippen molar-refractivity contribution in [1.82, 2.24) is 9.78 Å². The summed E-state index contributed by atoms with van der Waals surface area (Å²) in [5, 5.41) is 3.61. The number of esters is 1. The second-order valence-electron chi connectivity index (χ2n) is 7.38. The molecule has 33 heavy (non-hydrogen) atoms. The molecule has 0 spiro atoms. The molecule has 0 N–H and O–H groups in total. The second-order valence-corrected chi connectivity index (χ2v) is 7.38. The SMILES string of the molecule is CCn1cc(-c2cccc3c2OCC(COC(=O)c2ccccc2F)C3=O)c(C(F)(F)F)n1. The van der Waals surface area contributed by atoms with Gasteiger partial charge >= 0.3 is 12.1 Å². The lowest BCUT2D eigenvalue weighted by atomic mass is 9.92. The highest BCUT2D eigenvalue weighted by Gasteiger charge is 2.39. The number of benzene rings is 2. The number of halogens is 4. The summed E-state index contributed by atoms with van der Waals surface area (Å²) in [5.41, 5.74) is -1.37. The van der Waals surface area contributed by atoms with Crippen molar-refractivity contribution >= 4 is 11.8 Å². The first-order valence-corrected chi connectivity index (χ1v) is 10.1. The van der Waals surface area contributed by atoms with Gasteiger partial charge in [-0.3, -0.25) is 9.48 Å². The number of ether oxygens (including phenoxy) is 2. The number of carbonyl (C=O) groups is 2. The Morgan fingerprint density at radius 2 is 1.88 bits per heavy atom. The molecule has 0 aliphatic carbocycles. The van der Waals surface area contributed by atoms with Gasteiger partial charge in [-0.15, -0.1) is 0 Å². The number of alkyl halides is 3. The number of nitrogens with zero attached hydrogens (tertiary/aromatic N) is 2. The van der Waals surface area contributed by atoms with E-state index < -0.39 is 35.4 Å². The molecule has 2 aromatic carbocycles. The maximum Gasteiger partial charge on any atom is 0.435 e. The van der Waals surface area contributed by atoms with Crippen LogP contribution in [0.2, 0.25) is 0 Å². The molecule has 0 bridgehead atoms. The largest absolute Gasteiger partial charge is 0.491 e. The van der Waals surface area contributed by atoms with Crippen molar-refractivity contribution in [3.8, 4) is 16.9 Å². The summed E-state index contributed by atoms with van der Waals surface area (Å²) < 4.78 is 66.3. The normalized spacial score (nSPS) is 15.7. The van der Waals surface area contributed by atoms with Crippen LogP contribution in [0.1, 0.15) is 33.3 Å². The van der Waals surface area contributed by atoms with Crippen molar-refractivity contribution in [1.29, 1.82) is 0 Å². The van der Waals surface area contributed by atoms with Gasteiger partial charge in [0.15, 0.2) is 11.5 Å². The maximum atomic E-state index is 13.7. The third-order valence-corrected chi connectivity index (χ3v) is 5.23. The molecule has 6 nitrogen and oxygen atoms in total. The molecule has 1 atom stereocenters. The number of hydrogen-bond donors (Lipinski definition) is 0. The number of Topliss-reactive ketones (excluding diaryl/α,β-unsaturated/α-hetero) is 1. The average molecular weight is 462 g/mol. The first-order chi connectivity index (χ1) is 15.7. The van der Waals surface area contributed by atoms with Gasteiger partial charge in [-0.1, -0.05) is 24.3 Å².